The lowest BCUT2D eigenvalue weighted by Crippen LogP contribution is -2.16. The topological polar surface area (TPSA) is 76.7 Å². The molecule has 5 heteroatoms. The third-order valence-corrected chi connectivity index (χ3v) is 2.49. The quantitative estimate of drug-likeness (QED) is 0.512. The maximum absolute atomic E-state index is 11.7. The molecule has 1 N–H and O–H groups in total. The molecular formula is C13H12O5. The maximum atomic E-state index is 11.7. The van der Waals surface area contributed by atoms with Gasteiger partial charge in [-0.05, 0) is 31.5 Å². The van der Waals surface area contributed by atoms with E-state index in [1.165, 1.54) is 0 Å². The summed E-state index contributed by atoms with van der Waals surface area (Å²) in [6, 6.07) is 5.08. The lowest BCUT2D eigenvalue weighted by Gasteiger charge is -1.97. The molecule has 0 unspecified atom stereocenters. The molecule has 0 atom stereocenters. The number of ketones is 1. The highest BCUT2D eigenvalue weighted by Crippen LogP contribution is 2.32. The van der Waals surface area contributed by atoms with Crippen LogP contribution < -0.4 is 0 Å². The van der Waals surface area contributed by atoms with Gasteiger partial charge in [0.25, 0.3) is 0 Å². The van der Waals surface area contributed by atoms with E-state index in [9.17, 15) is 14.7 Å². The van der Waals surface area contributed by atoms with E-state index < -0.39 is 11.8 Å². The normalized spacial score (nSPS) is 10.6. The van der Waals surface area contributed by atoms with E-state index in [1.54, 1.807) is 25.1 Å². The van der Waals surface area contributed by atoms with Gasteiger partial charge in [0.1, 0.15) is 5.58 Å². The standard InChI is InChI=1S/C13H12O5/c1-3-17-13(16)11(15)12-10(14)8-5-4-7(2)6-9(8)18-12/h4-6,14H,3H2,1-2H3. The van der Waals surface area contributed by atoms with Crippen LogP contribution in [-0.4, -0.2) is 23.5 Å². The van der Waals surface area contributed by atoms with Gasteiger partial charge in [-0.15, -0.1) is 0 Å². The number of carbonyl (C=O) groups is 2. The van der Waals surface area contributed by atoms with Gasteiger partial charge >= 0.3 is 11.8 Å². The number of benzene rings is 1. The number of aryl methyl sites for hydroxylation is 1. The van der Waals surface area contributed by atoms with Crippen LogP contribution >= 0.6 is 0 Å². The Morgan fingerprint density at radius 2 is 2.11 bits per heavy atom. The van der Waals surface area contributed by atoms with Gasteiger partial charge in [0, 0.05) is 0 Å². The van der Waals surface area contributed by atoms with Gasteiger partial charge in [0.2, 0.25) is 5.76 Å². The number of furan rings is 1. The van der Waals surface area contributed by atoms with Crippen LogP contribution in [0, 0.1) is 6.92 Å². The monoisotopic (exact) mass is 248 g/mol. The summed E-state index contributed by atoms with van der Waals surface area (Å²) in [7, 11) is 0. The average Bonchev–Trinajstić information content (AvgIpc) is 2.65. The molecule has 1 aromatic heterocycles. The molecule has 0 fully saturated rings. The molecule has 0 spiro atoms. The van der Waals surface area contributed by atoms with Gasteiger partial charge in [0.15, 0.2) is 5.75 Å². The third-order valence-electron chi connectivity index (χ3n) is 2.49. The number of ether oxygens (including phenoxy) is 1. The van der Waals surface area contributed by atoms with Gasteiger partial charge < -0.3 is 14.3 Å². The lowest BCUT2D eigenvalue weighted by molar-refractivity contribution is -0.137. The minimum absolute atomic E-state index is 0.0880. The van der Waals surface area contributed by atoms with Crippen molar-refractivity contribution in [2.45, 2.75) is 13.8 Å². The second-order valence-corrected chi connectivity index (χ2v) is 3.83. The van der Waals surface area contributed by atoms with E-state index in [4.69, 9.17) is 4.42 Å². The van der Waals surface area contributed by atoms with Crippen molar-refractivity contribution in [3.8, 4) is 5.75 Å². The molecule has 0 saturated carbocycles. The summed E-state index contributed by atoms with van der Waals surface area (Å²) in [4.78, 5) is 23.0. The van der Waals surface area contributed by atoms with Gasteiger partial charge in [-0.2, -0.15) is 0 Å². The van der Waals surface area contributed by atoms with Crippen LogP contribution in [0.4, 0.5) is 0 Å². The molecule has 0 saturated heterocycles. The summed E-state index contributed by atoms with van der Waals surface area (Å²) in [5.74, 6) is -2.73. The van der Waals surface area contributed by atoms with Crippen LogP contribution in [0.3, 0.4) is 0 Å². The summed E-state index contributed by atoms with van der Waals surface area (Å²) < 4.78 is 9.78. The number of aromatic hydroxyl groups is 1. The van der Waals surface area contributed by atoms with E-state index in [0.717, 1.165) is 5.56 Å². The smallest absolute Gasteiger partial charge is 0.383 e. The number of rotatable bonds is 3. The Morgan fingerprint density at radius 3 is 2.78 bits per heavy atom. The second kappa shape index (κ2) is 4.52. The Labute approximate surface area is 103 Å². The fourth-order valence-electron chi connectivity index (χ4n) is 1.63. The highest BCUT2D eigenvalue weighted by atomic mass is 16.5. The maximum Gasteiger partial charge on any atom is 0.383 e. The lowest BCUT2D eigenvalue weighted by atomic mass is 10.1. The van der Waals surface area contributed by atoms with Crippen molar-refractivity contribution >= 4 is 22.7 Å². The Hall–Kier alpha value is -2.30. The van der Waals surface area contributed by atoms with E-state index in [0.29, 0.717) is 11.0 Å². The molecule has 0 aliphatic rings. The van der Waals surface area contributed by atoms with Gasteiger partial charge in [0.05, 0.1) is 12.0 Å². The molecule has 0 bridgehead atoms. The molecule has 0 radical (unpaired) electrons. The number of carbonyl (C=O) groups excluding carboxylic acids is 2. The van der Waals surface area contributed by atoms with Crippen molar-refractivity contribution in [3.05, 3.63) is 29.5 Å². The van der Waals surface area contributed by atoms with Crippen molar-refractivity contribution in [2.24, 2.45) is 0 Å². The predicted octanol–water partition coefficient (Wildman–Crippen LogP) is 2.19. The number of hydrogen-bond donors (Lipinski definition) is 1. The zero-order chi connectivity index (χ0) is 13.3. The van der Waals surface area contributed by atoms with Crippen molar-refractivity contribution in [3.63, 3.8) is 0 Å². The van der Waals surface area contributed by atoms with Gasteiger partial charge in [-0.1, -0.05) is 6.07 Å². The minimum atomic E-state index is -1.04. The van der Waals surface area contributed by atoms with Crippen molar-refractivity contribution in [1.82, 2.24) is 0 Å². The molecule has 18 heavy (non-hydrogen) atoms. The number of esters is 1. The van der Waals surface area contributed by atoms with Crippen LogP contribution in [0.15, 0.2) is 22.6 Å². The number of fused-ring (bicyclic) bond motifs is 1. The summed E-state index contributed by atoms with van der Waals surface area (Å²) in [6.07, 6.45) is 0. The van der Waals surface area contributed by atoms with E-state index in [-0.39, 0.29) is 18.1 Å². The van der Waals surface area contributed by atoms with Crippen LogP contribution in [0.5, 0.6) is 5.75 Å². The molecule has 5 nitrogen and oxygen atoms in total. The number of hydrogen-bond acceptors (Lipinski definition) is 5. The average molecular weight is 248 g/mol. The highest BCUT2D eigenvalue weighted by Gasteiger charge is 2.27. The Balaban J connectivity index is 2.49. The van der Waals surface area contributed by atoms with Crippen LogP contribution in [0.1, 0.15) is 23.0 Å². The Kier molecular flexibility index (Phi) is 3.06. The predicted molar refractivity (Wildman–Crippen MR) is 63.6 cm³/mol. The van der Waals surface area contributed by atoms with E-state index in [1.807, 2.05) is 6.92 Å². The summed E-state index contributed by atoms with van der Waals surface area (Å²) in [5.41, 5.74) is 1.28. The molecule has 0 amide bonds. The zero-order valence-corrected chi connectivity index (χ0v) is 10.0. The molecule has 0 aliphatic heterocycles. The van der Waals surface area contributed by atoms with Crippen molar-refractivity contribution in [1.29, 1.82) is 0 Å². The fraction of sp³-hybridized carbons (Fsp3) is 0.231. The third kappa shape index (κ3) is 1.95. The minimum Gasteiger partial charge on any atom is -0.504 e. The highest BCUT2D eigenvalue weighted by molar-refractivity contribution is 6.41. The molecule has 1 heterocycles. The van der Waals surface area contributed by atoms with Crippen molar-refractivity contribution in [2.75, 3.05) is 6.61 Å². The van der Waals surface area contributed by atoms with Crippen LogP contribution in [-0.2, 0) is 9.53 Å². The first kappa shape index (κ1) is 12.2. The molecule has 94 valence electrons. The summed E-state index contributed by atoms with van der Waals surface area (Å²) >= 11 is 0. The Bertz CT molecular complexity index is 624. The molecule has 1 aromatic carbocycles. The second-order valence-electron chi connectivity index (χ2n) is 3.83. The number of Topliss-reactive ketones (excluding diaryl/α,β-unsaturated/α-hetero) is 1. The molecule has 2 aromatic rings. The molecular weight excluding hydrogens is 236 g/mol. The van der Waals surface area contributed by atoms with Crippen LogP contribution in [0.2, 0.25) is 0 Å². The summed E-state index contributed by atoms with van der Waals surface area (Å²) in [5, 5.41) is 10.2. The summed E-state index contributed by atoms with van der Waals surface area (Å²) in [6.45, 7) is 3.53. The van der Waals surface area contributed by atoms with Crippen LogP contribution in [0.25, 0.3) is 11.0 Å². The first-order chi connectivity index (χ1) is 8.54. The van der Waals surface area contributed by atoms with E-state index >= 15 is 0 Å². The van der Waals surface area contributed by atoms with Gasteiger partial charge in [-0.3, -0.25) is 4.79 Å². The largest absolute Gasteiger partial charge is 0.504 e. The molecule has 0 aliphatic carbocycles. The first-order valence-electron chi connectivity index (χ1n) is 5.48. The zero-order valence-electron chi connectivity index (χ0n) is 10.0. The Morgan fingerprint density at radius 1 is 1.39 bits per heavy atom. The van der Waals surface area contributed by atoms with E-state index in [2.05, 4.69) is 4.74 Å². The first-order valence-corrected chi connectivity index (χ1v) is 5.48. The molecule has 2 rings (SSSR count). The SMILES string of the molecule is CCOC(=O)C(=O)c1oc2cc(C)ccc2c1O. The van der Waals surface area contributed by atoms with Crippen molar-refractivity contribution < 1.29 is 23.8 Å². The fourth-order valence-corrected chi connectivity index (χ4v) is 1.63. The van der Waals surface area contributed by atoms with Gasteiger partial charge in [-0.25, -0.2) is 4.79 Å².